The van der Waals surface area contributed by atoms with Crippen LogP contribution in [0.4, 0.5) is 19.3 Å². The second kappa shape index (κ2) is 10.2. The van der Waals surface area contributed by atoms with Crippen LogP contribution in [0.2, 0.25) is 5.02 Å². The minimum Gasteiger partial charge on any atom is -0.447 e. The van der Waals surface area contributed by atoms with Crippen LogP contribution in [0, 0.1) is 6.92 Å². The largest absolute Gasteiger partial charge is 0.447 e. The molecule has 2 aromatic heterocycles. The van der Waals surface area contributed by atoms with Crippen LogP contribution in [0.1, 0.15) is 35.7 Å². The third kappa shape index (κ3) is 4.96. The Kier molecular flexibility index (Phi) is 6.72. The first-order valence-electron chi connectivity index (χ1n) is 12.5. The number of nitrogens with zero attached hydrogens (tertiary/aromatic N) is 4. The Hall–Kier alpha value is -3.57. The Morgan fingerprint density at radius 3 is 2.77 bits per heavy atom. The molecule has 4 heterocycles. The maximum absolute atomic E-state index is 13.7. The van der Waals surface area contributed by atoms with Crippen molar-refractivity contribution in [3.05, 3.63) is 74.4 Å². The molecule has 0 saturated carbocycles. The Balaban J connectivity index is 1.41. The number of nitrogens with one attached hydrogen (secondary N) is 1. The molecule has 0 bridgehead atoms. The minimum atomic E-state index is -2.68. The second-order valence-corrected chi connectivity index (χ2v) is 11.2. The summed E-state index contributed by atoms with van der Waals surface area (Å²) >= 11 is 6.93. The van der Waals surface area contributed by atoms with Gasteiger partial charge in [0.1, 0.15) is 12.4 Å². The first-order valence-corrected chi connectivity index (χ1v) is 13.7. The van der Waals surface area contributed by atoms with Crippen molar-refractivity contribution < 1.29 is 18.3 Å². The highest BCUT2D eigenvalue weighted by Crippen LogP contribution is 2.38. The third-order valence-corrected chi connectivity index (χ3v) is 8.51. The van der Waals surface area contributed by atoms with Gasteiger partial charge in [0.05, 0.1) is 28.4 Å². The number of rotatable bonds is 6. The van der Waals surface area contributed by atoms with E-state index < -0.39 is 6.43 Å². The number of cyclic esters (lactones) is 1. The number of piperidine rings is 1. The Bertz CT molecular complexity index is 1620. The van der Waals surface area contributed by atoms with E-state index in [2.05, 4.69) is 10.3 Å². The van der Waals surface area contributed by atoms with Gasteiger partial charge in [-0.15, -0.1) is 11.3 Å². The molecule has 12 heteroatoms. The van der Waals surface area contributed by atoms with Gasteiger partial charge in [0, 0.05) is 35.1 Å². The van der Waals surface area contributed by atoms with E-state index in [9.17, 15) is 18.4 Å². The van der Waals surface area contributed by atoms with Gasteiger partial charge >= 0.3 is 6.09 Å². The van der Waals surface area contributed by atoms with Gasteiger partial charge in [-0.1, -0.05) is 23.7 Å². The van der Waals surface area contributed by atoms with Crippen LogP contribution in [0.25, 0.3) is 21.3 Å². The van der Waals surface area contributed by atoms with E-state index in [1.165, 1.54) is 6.20 Å². The van der Waals surface area contributed by atoms with Gasteiger partial charge in [-0.25, -0.2) is 23.5 Å². The molecule has 0 radical (unpaired) electrons. The van der Waals surface area contributed by atoms with E-state index in [4.69, 9.17) is 21.3 Å². The molecule has 2 atom stereocenters. The van der Waals surface area contributed by atoms with Gasteiger partial charge in [0.15, 0.2) is 5.01 Å². The fraction of sp³-hybridized carbons (Fsp3) is 0.333. The number of carbonyl (C=O) groups is 1. The maximum atomic E-state index is 13.7. The molecular weight excluding hydrogens is 548 g/mol. The van der Waals surface area contributed by atoms with Crippen LogP contribution in [-0.4, -0.2) is 50.8 Å². The first kappa shape index (κ1) is 25.7. The first-order chi connectivity index (χ1) is 18.8. The fourth-order valence-corrected chi connectivity index (χ4v) is 6.15. The number of amides is 1. The van der Waals surface area contributed by atoms with Gasteiger partial charge in [-0.05, 0) is 49.6 Å². The summed E-state index contributed by atoms with van der Waals surface area (Å²) in [6.07, 6.45) is -0.191. The lowest BCUT2D eigenvalue weighted by Crippen LogP contribution is -2.45. The summed E-state index contributed by atoms with van der Waals surface area (Å²) in [5.41, 5.74) is 2.46. The van der Waals surface area contributed by atoms with Crippen molar-refractivity contribution in [3.8, 4) is 10.4 Å². The van der Waals surface area contributed by atoms with Crippen molar-refractivity contribution in [2.45, 2.75) is 44.8 Å². The quantitative estimate of drug-likeness (QED) is 0.312. The lowest BCUT2D eigenvalue weighted by Gasteiger charge is -2.33. The number of thiazole rings is 1. The number of anilines is 1. The number of alkyl halides is 2. The van der Waals surface area contributed by atoms with E-state index in [0.29, 0.717) is 70.4 Å². The summed E-state index contributed by atoms with van der Waals surface area (Å²) in [7, 11) is 0. The Morgan fingerprint density at radius 1 is 1.23 bits per heavy atom. The average Bonchev–Trinajstić information content (AvgIpc) is 3.55. The zero-order valence-electron chi connectivity index (χ0n) is 20.9. The third-order valence-electron chi connectivity index (χ3n) is 7.22. The van der Waals surface area contributed by atoms with Crippen molar-refractivity contribution in [1.82, 2.24) is 19.4 Å². The number of carbonyl (C=O) groups excluding carboxylic acids is 1. The summed E-state index contributed by atoms with van der Waals surface area (Å²) in [5, 5.41) is 4.29. The van der Waals surface area contributed by atoms with Gasteiger partial charge < -0.3 is 15.0 Å². The monoisotopic (exact) mass is 571 g/mol. The van der Waals surface area contributed by atoms with Crippen molar-refractivity contribution in [2.24, 2.45) is 0 Å². The molecule has 2 saturated heterocycles. The van der Waals surface area contributed by atoms with E-state index in [0.717, 1.165) is 16.9 Å². The number of benzene rings is 2. The summed E-state index contributed by atoms with van der Waals surface area (Å²) in [6, 6.07) is 10.8. The molecular formula is C27H24ClF2N5O3S. The average molecular weight is 572 g/mol. The SMILES string of the molecule is Cc1nc2cc(-c3cnc(C(F)F)s3)c(N[C@H]3CCN4C(=O)OC[C@@H]4C3)cc2c(=O)n1Cc1ccc(Cl)cc1. The van der Waals surface area contributed by atoms with Crippen molar-refractivity contribution in [2.75, 3.05) is 18.5 Å². The van der Waals surface area contributed by atoms with Crippen LogP contribution in [0.5, 0.6) is 0 Å². The molecule has 6 rings (SSSR count). The lowest BCUT2D eigenvalue weighted by molar-refractivity contribution is 0.150. The predicted molar refractivity (Wildman–Crippen MR) is 146 cm³/mol. The maximum Gasteiger partial charge on any atom is 0.410 e. The molecule has 4 aromatic rings. The summed E-state index contributed by atoms with van der Waals surface area (Å²) in [5.74, 6) is 0.532. The smallest absolute Gasteiger partial charge is 0.410 e. The molecule has 202 valence electrons. The zero-order valence-corrected chi connectivity index (χ0v) is 22.4. The van der Waals surface area contributed by atoms with E-state index in [-0.39, 0.29) is 28.7 Å². The van der Waals surface area contributed by atoms with Gasteiger partial charge in [-0.3, -0.25) is 9.36 Å². The van der Waals surface area contributed by atoms with E-state index >= 15 is 0 Å². The van der Waals surface area contributed by atoms with E-state index in [1.54, 1.807) is 40.7 Å². The van der Waals surface area contributed by atoms with Crippen LogP contribution >= 0.6 is 22.9 Å². The van der Waals surface area contributed by atoms with Crippen molar-refractivity contribution >= 4 is 45.6 Å². The van der Waals surface area contributed by atoms with Gasteiger partial charge in [0.25, 0.3) is 12.0 Å². The van der Waals surface area contributed by atoms with Crippen LogP contribution < -0.4 is 10.9 Å². The number of ether oxygens (including phenoxy) is 1. The van der Waals surface area contributed by atoms with Gasteiger partial charge in [0.2, 0.25) is 0 Å². The number of hydrogen-bond donors (Lipinski definition) is 1. The second-order valence-electron chi connectivity index (χ2n) is 9.74. The molecule has 1 N–H and O–H groups in total. The number of aromatic nitrogens is 3. The molecule has 39 heavy (non-hydrogen) atoms. The highest BCUT2D eigenvalue weighted by molar-refractivity contribution is 7.15. The minimum absolute atomic E-state index is 0.00543. The topological polar surface area (TPSA) is 89.4 Å². The predicted octanol–water partition coefficient (Wildman–Crippen LogP) is 5.86. The molecule has 1 amide bonds. The molecule has 2 aliphatic heterocycles. The highest BCUT2D eigenvalue weighted by atomic mass is 35.5. The van der Waals surface area contributed by atoms with Crippen molar-refractivity contribution in [1.29, 1.82) is 0 Å². The van der Waals surface area contributed by atoms with Crippen molar-refractivity contribution in [3.63, 3.8) is 0 Å². The molecule has 0 spiro atoms. The summed E-state index contributed by atoms with van der Waals surface area (Å²) in [4.78, 5) is 36.5. The molecule has 0 unspecified atom stereocenters. The number of aryl methyl sites for hydroxylation is 1. The van der Waals surface area contributed by atoms with Crippen LogP contribution in [0.3, 0.4) is 0 Å². The van der Waals surface area contributed by atoms with Gasteiger partial charge in [-0.2, -0.15) is 0 Å². The summed E-state index contributed by atoms with van der Waals surface area (Å²) in [6.45, 7) is 2.99. The Morgan fingerprint density at radius 2 is 2.03 bits per heavy atom. The summed E-state index contributed by atoms with van der Waals surface area (Å²) < 4.78 is 33.5. The normalized spacial score (nSPS) is 19.0. The zero-order chi connectivity index (χ0) is 27.3. The highest BCUT2D eigenvalue weighted by Gasteiger charge is 2.38. The molecule has 2 fully saturated rings. The van der Waals surface area contributed by atoms with Crippen LogP contribution in [-0.2, 0) is 11.3 Å². The fourth-order valence-electron chi connectivity index (χ4n) is 5.22. The Labute approximate surface area is 231 Å². The molecule has 2 aromatic carbocycles. The standard InChI is InChI=1S/C27H24ClF2N5O3S/c1-14-32-22-9-19(23-11-31-25(39-23)24(29)30)21(33-17-6-7-34-18(8-17)13-38-27(34)37)10-20(22)26(36)35(14)12-15-2-4-16(28)5-3-15/h2-5,9-11,17-18,24,33H,6-8,12-13H2,1H3/t17-,18-/m0/s1. The molecule has 2 aliphatic rings. The number of hydrogen-bond acceptors (Lipinski definition) is 7. The van der Waals surface area contributed by atoms with E-state index in [1.807, 2.05) is 12.1 Å². The number of halogens is 3. The number of fused-ring (bicyclic) bond motifs is 2. The molecule has 8 nitrogen and oxygen atoms in total. The van der Waals surface area contributed by atoms with Crippen LogP contribution in [0.15, 0.2) is 47.4 Å². The molecule has 0 aliphatic carbocycles. The lowest BCUT2D eigenvalue weighted by atomic mass is 9.97.